The average Bonchev–Trinajstić information content (AvgIpc) is 3.57. The number of carbonyl (C=O) groups excluding carboxylic acids is 2. The lowest BCUT2D eigenvalue weighted by Gasteiger charge is -2.31. The van der Waals surface area contributed by atoms with Crippen LogP contribution in [0.3, 0.4) is 0 Å². The number of likely N-dealkylation sites (tertiary alicyclic amines) is 1. The van der Waals surface area contributed by atoms with Crippen LogP contribution in [0, 0.1) is 6.92 Å². The third-order valence-corrected chi connectivity index (χ3v) is 8.02. The number of nitrogens with zero attached hydrogens (tertiary/aromatic N) is 2. The highest BCUT2D eigenvalue weighted by Crippen LogP contribution is 2.29. The highest BCUT2D eigenvalue weighted by atomic mass is 32.2. The molecule has 8 nitrogen and oxygen atoms in total. The van der Waals surface area contributed by atoms with Gasteiger partial charge in [-0.25, -0.2) is 8.42 Å². The number of rotatable bonds is 6. The lowest BCUT2D eigenvalue weighted by atomic mass is 10.1. The Morgan fingerprint density at radius 2 is 1.87 bits per heavy atom. The molecule has 4 rings (SSSR count). The lowest BCUT2D eigenvalue weighted by molar-refractivity contribution is -0.129. The summed E-state index contributed by atoms with van der Waals surface area (Å²) in [5.41, 5.74) is 0.936. The van der Waals surface area contributed by atoms with Crippen LogP contribution in [0.5, 0.6) is 0 Å². The van der Waals surface area contributed by atoms with Crippen molar-refractivity contribution in [3.05, 3.63) is 42.2 Å². The fourth-order valence-electron chi connectivity index (χ4n) is 4.30. The zero-order chi connectivity index (χ0) is 22.0. The standard InChI is InChI=1S/C22H30N4O4S/c1-16-4-8-19(9-5-16)31(29,30)26-14-11-23-22(28)20(26)15-21(27)24-17-3-2-12-25(13-10-17)18-6-7-18/h4-5,8-9,11,14,17-18,20H,2-3,6-7,10,12-13,15H2,1H3,(H,23,28)(H,24,27)/t17-,20-/m1/s1. The third-order valence-electron chi connectivity index (χ3n) is 6.22. The molecule has 2 aliphatic heterocycles. The molecule has 1 aliphatic carbocycles. The van der Waals surface area contributed by atoms with Crippen molar-refractivity contribution in [2.45, 2.75) is 68.5 Å². The zero-order valence-corrected chi connectivity index (χ0v) is 18.6. The molecule has 168 valence electrons. The predicted molar refractivity (Wildman–Crippen MR) is 116 cm³/mol. The fraction of sp³-hybridized carbons (Fsp3) is 0.545. The van der Waals surface area contributed by atoms with Gasteiger partial charge in [0.1, 0.15) is 6.04 Å². The summed E-state index contributed by atoms with van der Waals surface area (Å²) in [5, 5.41) is 5.56. The van der Waals surface area contributed by atoms with Crippen LogP contribution in [-0.4, -0.2) is 60.7 Å². The SMILES string of the molecule is Cc1ccc(S(=O)(=O)N2C=CNC(=O)[C@H]2CC(=O)N[C@@H]2CCCN(C3CC3)CC2)cc1. The second-order valence-electron chi connectivity index (χ2n) is 8.65. The smallest absolute Gasteiger partial charge is 0.264 e. The zero-order valence-electron chi connectivity index (χ0n) is 17.8. The molecule has 2 N–H and O–H groups in total. The molecule has 0 unspecified atom stereocenters. The van der Waals surface area contributed by atoms with Crippen LogP contribution in [-0.2, 0) is 19.6 Å². The van der Waals surface area contributed by atoms with Crippen molar-refractivity contribution in [3.8, 4) is 0 Å². The molecule has 0 aromatic heterocycles. The van der Waals surface area contributed by atoms with Gasteiger partial charge in [-0.2, -0.15) is 0 Å². The fourth-order valence-corrected chi connectivity index (χ4v) is 5.75. The average molecular weight is 447 g/mol. The van der Waals surface area contributed by atoms with Crippen molar-refractivity contribution < 1.29 is 18.0 Å². The van der Waals surface area contributed by atoms with E-state index in [4.69, 9.17) is 0 Å². The third kappa shape index (κ3) is 5.10. The number of hydrogen-bond acceptors (Lipinski definition) is 5. The van der Waals surface area contributed by atoms with E-state index in [0.717, 1.165) is 42.2 Å². The van der Waals surface area contributed by atoms with Crippen molar-refractivity contribution >= 4 is 21.8 Å². The van der Waals surface area contributed by atoms with Gasteiger partial charge >= 0.3 is 0 Å². The van der Waals surface area contributed by atoms with E-state index in [9.17, 15) is 18.0 Å². The Bertz CT molecular complexity index is 956. The number of hydrogen-bond donors (Lipinski definition) is 2. The van der Waals surface area contributed by atoms with Gasteiger partial charge in [-0.3, -0.25) is 13.9 Å². The molecule has 0 radical (unpaired) electrons. The number of amides is 2. The van der Waals surface area contributed by atoms with Gasteiger partial charge in [-0.05, 0) is 57.7 Å². The Balaban J connectivity index is 1.42. The van der Waals surface area contributed by atoms with E-state index in [1.165, 1.54) is 37.4 Å². The molecule has 31 heavy (non-hydrogen) atoms. The number of carbonyl (C=O) groups is 2. The maximum Gasteiger partial charge on any atom is 0.264 e. The molecule has 1 saturated heterocycles. The van der Waals surface area contributed by atoms with E-state index in [0.29, 0.717) is 6.04 Å². The first-order valence-electron chi connectivity index (χ1n) is 11.0. The number of nitrogens with one attached hydrogen (secondary N) is 2. The summed E-state index contributed by atoms with van der Waals surface area (Å²) in [4.78, 5) is 27.8. The van der Waals surface area contributed by atoms with Crippen LogP contribution in [0.1, 0.15) is 44.1 Å². The maximum atomic E-state index is 13.1. The van der Waals surface area contributed by atoms with Crippen LogP contribution >= 0.6 is 0 Å². The molecule has 0 spiro atoms. The molecule has 1 aromatic carbocycles. The first kappa shape index (κ1) is 21.8. The van der Waals surface area contributed by atoms with Crippen LogP contribution in [0.15, 0.2) is 41.6 Å². The predicted octanol–water partition coefficient (Wildman–Crippen LogP) is 1.48. The van der Waals surface area contributed by atoms with Crippen molar-refractivity contribution in [2.75, 3.05) is 13.1 Å². The van der Waals surface area contributed by atoms with Gasteiger partial charge in [0.15, 0.2) is 0 Å². The molecule has 9 heteroatoms. The van der Waals surface area contributed by atoms with E-state index in [2.05, 4.69) is 15.5 Å². The van der Waals surface area contributed by atoms with Gasteiger partial charge in [0.2, 0.25) is 11.8 Å². The van der Waals surface area contributed by atoms with E-state index < -0.39 is 22.0 Å². The van der Waals surface area contributed by atoms with E-state index >= 15 is 0 Å². The second-order valence-corrected chi connectivity index (χ2v) is 10.5. The van der Waals surface area contributed by atoms with Crippen LogP contribution in [0.2, 0.25) is 0 Å². The van der Waals surface area contributed by atoms with Crippen molar-refractivity contribution in [3.63, 3.8) is 0 Å². The summed E-state index contributed by atoms with van der Waals surface area (Å²) in [6.07, 6.45) is 7.74. The number of benzene rings is 1. The highest BCUT2D eigenvalue weighted by Gasteiger charge is 2.37. The lowest BCUT2D eigenvalue weighted by Crippen LogP contribution is -2.51. The quantitative estimate of drug-likeness (QED) is 0.690. The first-order chi connectivity index (χ1) is 14.8. The van der Waals surface area contributed by atoms with E-state index in [1.54, 1.807) is 12.1 Å². The van der Waals surface area contributed by atoms with Gasteiger partial charge in [0.05, 0.1) is 11.3 Å². The van der Waals surface area contributed by atoms with Crippen LogP contribution in [0.4, 0.5) is 0 Å². The normalized spacial score (nSPS) is 25.1. The Hall–Kier alpha value is -2.39. The Morgan fingerprint density at radius 1 is 1.13 bits per heavy atom. The second kappa shape index (κ2) is 9.00. The summed E-state index contributed by atoms with van der Waals surface area (Å²) in [5.74, 6) is -0.807. The van der Waals surface area contributed by atoms with Crippen LogP contribution in [0.25, 0.3) is 0 Å². The van der Waals surface area contributed by atoms with Gasteiger partial charge < -0.3 is 15.5 Å². The maximum absolute atomic E-state index is 13.1. The summed E-state index contributed by atoms with van der Waals surface area (Å²) in [6, 6.07) is 6.09. The van der Waals surface area contributed by atoms with Gasteiger partial charge in [-0.1, -0.05) is 17.7 Å². The molecule has 2 atom stereocenters. The summed E-state index contributed by atoms with van der Waals surface area (Å²) >= 11 is 0. The Kier molecular flexibility index (Phi) is 6.34. The molecule has 3 aliphatic rings. The van der Waals surface area contributed by atoms with Crippen molar-refractivity contribution in [1.29, 1.82) is 0 Å². The van der Waals surface area contributed by atoms with Gasteiger partial charge in [-0.15, -0.1) is 0 Å². The molecule has 2 fully saturated rings. The van der Waals surface area contributed by atoms with E-state index in [1.807, 2.05) is 6.92 Å². The molecular formula is C22H30N4O4S. The number of aryl methyl sites for hydroxylation is 1. The monoisotopic (exact) mass is 446 g/mol. The van der Waals surface area contributed by atoms with Gasteiger partial charge in [0.25, 0.3) is 10.0 Å². The summed E-state index contributed by atoms with van der Waals surface area (Å²) < 4.78 is 27.3. The first-order valence-corrected chi connectivity index (χ1v) is 12.4. The molecule has 0 bridgehead atoms. The summed E-state index contributed by atoms with van der Waals surface area (Å²) in [6.45, 7) is 3.90. The highest BCUT2D eigenvalue weighted by molar-refractivity contribution is 7.89. The summed E-state index contributed by atoms with van der Waals surface area (Å²) in [7, 11) is -3.96. The molecule has 1 saturated carbocycles. The van der Waals surface area contributed by atoms with Gasteiger partial charge in [0, 0.05) is 31.0 Å². The number of sulfonamides is 1. The molecule has 1 aromatic rings. The van der Waals surface area contributed by atoms with E-state index in [-0.39, 0.29) is 23.3 Å². The molecule has 2 amide bonds. The topological polar surface area (TPSA) is 98.8 Å². The Labute approximate surface area is 183 Å². The van der Waals surface area contributed by atoms with Crippen molar-refractivity contribution in [1.82, 2.24) is 19.8 Å². The Morgan fingerprint density at radius 3 is 2.58 bits per heavy atom. The minimum absolute atomic E-state index is 0.0561. The molecule has 2 heterocycles. The van der Waals surface area contributed by atoms with Crippen molar-refractivity contribution in [2.24, 2.45) is 0 Å². The largest absolute Gasteiger partial charge is 0.353 e. The minimum Gasteiger partial charge on any atom is -0.353 e. The molecular weight excluding hydrogens is 416 g/mol. The minimum atomic E-state index is -3.96. The van der Waals surface area contributed by atoms with Crippen LogP contribution < -0.4 is 10.6 Å².